The van der Waals surface area contributed by atoms with Crippen molar-refractivity contribution in [2.45, 2.75) is 37.5 Å². The number of benzene rings is 2. The Hall–Kier alpha value is -3.46. The first kappa shape index (κ1) is 26.2. The molecule has 2 aliphatic heterocycles. The third kappa shape index (κ3) is 6.89. The van der Waals surface area contributed by atoms with Crippen molar-refractivity contribution in [3.8, 4) is 11.5 Å². The lowest BCUT2D eigenvalue weighted by molar-refractivity contribution is 0.313. The fraction of sp³-hybridized carbons (Fsp3) is 0.414. The van der Waals surface area contributed by atoms with Gasteiger partial charge in [-0.25, -0.2) is 0 Å². The van der Waals surface area contributed by atoms with Gasteiger partial charge in [0.1, 0.15) is 5.82 Å². The number of thioether (sulfide) groups is 1. The van der Waals surface area contributed by atoms with Crippen molar-refractivity contribution in [1.82, 2.24) is 9.97 Å². The number of hydrazone groups is 1. The van der Waals surface area contributed by atoms with Crippen LogP contribution in [0.2, 0.25) is 0 Å². The molecule has 1 aromatic heterocycles. The number of hydrogen-bond donors (Lipinski definition) is 1. The molecule has 5 rings (SSSR count). The summed E-state index contributed by atoms with van der Waals surface area (Å²) in [5.41, 5.74) is 5.30. The molecule has 0 unspecified atom stereocenters. The van der Waals surface area contributed by atoms with E-state index in [9.17, 15) is 0 Å². The van der Waals surface area contributed by atoms with Crippen LogP contribution in [0.4, 0.5) is 17.6 Å². The van der Waals surface area contributed by atoms with Crippen molar-refractivity contribution in [2.75, 3.05) is 60.9 Å². The lowest BCUT2D eigenvalue weighted by Gasteiger charge is -2.21. The molecule has 9 heteroatoms. The molecular weight excluding hydrogens is 496 g/mol. The smallest absolute Gasteiger partial charge is 0.229 e. The second kappa shape index (κ2) is 12.9. The van der Waals surface area contributed by atoms with Crippen molar-refractivity contribution in [3.63, 3.8) is 0 Å². The van der Waals surface area contributed by atoms with Gasteiger partial charge in [0.25, 0.3) is 0 Å². The zero-order chi connectivity index (χ0) is 26.2. The first-order valence-corrected chi connectivity index (χ1v) is 14.3. The van der Waals surface area contributed by atoms with Gasteiger partial charge in [0.15, 0.2) is 17.3 Å². The molecule has 0 saturated carbocycles. The van der Waals surface area contributed by atoms with Crippen LogP contribution in [-0.4, -0.2) is 61.8 Å². The van der Waals surface area contributed by atoms with Crippen LogP contribution in [0.25, 0.3) is 0 Å². The van der Waals surface area contributed by atoms with E-state index in [1.165, 1.54) is 36.1 Å². The largest absolute Gasteiger partial charge is 0.493 e. The summed E-state index contributed by atoms with van der Waals surface area (Å²) in [7, 11) is 1.66. The van der Waals surface area contributed by atoms with E-state index in [0.29, 0.717) is 18.2 Å². The molecule has 0 aliphatic carbocycles. The van der Waals surface area contributed by atoms with Crippen molar-refractivity contribution in [1.29, 1.82) is 0 Å². The number of anilines is 3. The monoisotopic (exact) mass is 532 g/mol. The molecule has 2 saturated heterocycles. The molecule has 2 aliphatic rings. The van der Waals surface area contributed by atoms with Crippen molar-refractivity contribution >= 4 is 35.6 Å². The predicted molar refractivity (Wildman–Crippen MR) is 157 cm³/mol. The molecular formula is C29H36N6O2S. The maximum Gasteiger partial charge on any atom is 0.229 e. The normalized spacial score (nSPS) is 15.4. The number of nitrogens with one attached hydrogen (secondary N) is 1. The third-order valence-electron chi connectivity index (χ3n) is 6.73. The van der Waals surface area contributed by atoms with Crippen LogP contribution in [-0.2, 0) is 0 Å². The van der Waals surface area contributed by atoms with Gasteiger partial charge in [0.2, 0.25) is 5.95 Å². The molecule has 2 fully saturated rings. The van der Waals surface area contributed by atoms with E-state index in [-0.39, 0.29) is 0 Å². The fourth-order valence-electron chi connectivity index (χ4n) is 4.65. The molecule has 0 radical (unpaired) electrons. The van der Waals surface area contributed by atoms with E-state index < -0.39 is 0 Å². The molecule has 2 aromatic carbocycles. The highest BCUT2D eigenvalue weighted by Crippen LogP contribution is 2.29. The summed E-state index contributed by atoms with van der Waals surface area (Å²) in [6.45, 7) is 6.78. The third-order valence-corrected chi connectivity index (χ3v) is 7.71. The summed E-state index contributed by atoms with van der Waals surface area (Å²) in [6.07, 6.45) is 6.55. The standard InChI is InChI=1S/C29H36N6O2S/c1-22-7-10-24(11-8-22)38-18-17-37-25-12-9-23(19-26(25)36-2)21-30-33-27-20-28(34-13-3-4-14-34)32-29(31-27)35-15-5-6-16-35/h7-12,19-21H,3-6,13-18H2,1-2H3,(H,31,32,33)/b30-21-. The van der Waals surface area contributed by atoms with Crippen molar-refractivity contribution < 1.29 is 9.47 Å². The van der Waals surface area contributed by atoms with E-state index in [1.807, 2.05) is 24.3 Å². The number of methoxy groups -OCH3 is 1. The van der Waals surface area contributed by atoms with Gasteiger partial charge < -0.3 is 19.3 Å². The highest BCUT2D eigenvalue weighted by atomic mass is 32.2. The van der Waals surface area contributed by atoms with Crippen LogP contribution >= 0.6 is 11.8 Å². The minimum Gasteiger partial charge on any atom is -0.493 e. The van der Waals surface area contributed by atoms with Gasteiger partial charge in [0, 0.05) is 42.9 Å². The molecule has 0 amide bonds. The number of nitrogens with zero attached hydrogens (tertiary/aromatic N) is 5. The minimum absolute atomic E-state index is 0.594. The predicted octanol–water partition coefficient (Wildman–Crippen LogP) is 5.61. The van der Waals surface area contributed by atoms with E-state index in [0.717, 1.165) is 55.0 Å². The number of aryl methyl sites for hydroxylation is 1. The number of ether oxygens (including phenoxy) is 2. The first-order valence-electron chi connectivity index (χ1n) is 13.4. The van der Waals surface area contributed by atoms with Gasteiger partial charge in [-0.1, -0.05) is 17.7 Å². The Morgan fingerprint density at radius 1 is 0.921 bits per heavy atom. The highest BCUT2D eigenvalue weighted by molar-refractivity contribution is 7.99. The molecule has 38 heavy (non-hydrogen) atoms. The molecule has 0 bridgehead atoms. The van der Waals surface area contributed by atoms with Crippen LogP contribution in [0, 0.1) is 6.92 Å². The molecule has 1 N–H and O–H groups in total. The second-order valence-corrected chi connectivity index (χ2v) is 10.8. The van der Waals surface area contributed by atoms with E-state index >= 15 is 0 Å². The van der Waals surface area contributed by atoms with Crippen molar-refractivity contribution in [2.24, 2.45) is 5.10 Å². The van der Waals surface area contributed by atoms with Gasteiger partial charge >= 0.3 is 0 Å². The van der Waals surface area contributed by atoms with Crippen LogP contribution in [0.5, 0.6) is 11.5 Å². The lowest BCUT2D eigenvalue weighted by atomic mass is 10.2. The average Bonchev–Trinajstić information content (AvgIpc) is 3.68. The Balaban J connectivity index is 1.20. The number of hydrogen-bond acceptors (Lipinski definition) is 9. The Bertz CT molecular complexity index is 1190. The summed E-state index contributed by atoms with van der Waals surface area (Å²) in [5.74, 6) is 4.73. The summed E-state index contributed by atoms with van der Waals surface area (Å²) in [6, 6.07) is 16.4. The quantitative estimate of drug-likeness (QED) is 0.148. The zero-order valence-electron chi connectivity index (χ0n) is 22.2. The fourth-order valence-corrected chi connectivity index (χ4v) is 5.38. The number of aromatic nitrogens is 2. The van der Waals surface area contributed by atoms with Crippen LogP contribution in [0.15, 0.2) is 58.5 Å². The minimum atomic E-state index is 0.594. The molecule has 3 aromatic rings. The Labute approximate surface area is 229 Å². The van der Waals surface area contributed by atoms with Gasteiger partial charge in [-0.15, -0.1) is 11.8 Å². The summed E-state index contributed by atoms with van der Waals surface area (Å²) >= 11 is 1.78. The van der Waals surface area contributed by atoms with E-state index in [4.69, 9.17) is 19.4 Å². The van der Waals surface area contributed by atoms with Gasteiger partial charge in [0.05, 0.1) is 19.9 Å². The Morgan fingerprint density at radius 2 is 1.66 bits per heavy atom. The number of rotatable bonds is 11. The summed E-state index contributed by atoms with van der Waals surface area (Å²) in [5, 5.41) is 4.47. The second-order valence-electron chi connectivity index (χ2n) is 9.59. The van der Waals surface area contributed by atoms with Gasteiger partial charge in [-0.05, 0) is 68.5 Å². The van der Waals surface area contributed by atoms with Gasteiger partial charge in [-0.2, -0.15) is 15.1 Å². The lowest BCUT2D eigenvalue weighted by Crippen LogP contribution is -2.24. The summed E-state index contributed by atoms with van der Waals surface area (Å²) in [4.78, 5) is 15.5. The highest BCUT2D eigenvalue weighted by Gasteiger charge is 2.20. The van der Waals surface area contributed by atoms with E-state index in [1.54, 1.807) is 25.1 Å². The molecule has 8 nitrogen and oxygen atoms in total. The maximum absolute atomic E-state index is 5.99. The van der Waals surface area contributed by atoms with Crippen LogP contribution in [0.1, 0.15) is 36.8 Å². The van der Waals surface area contributed by atoms with Gasteiger partial charge in [-0.3, -0.25) is 5.43 Å². The maximum atomic E-state index is 5.99. The Morgan fingerprint density at radius 3 is 2.39 bits per heavy atom. The Kier molecular flexibility index (Phi) is 8.86. The molecule has 3 heterocycles. The van der Waals surface area contributed by atoms with Crippen LogP contribution in [0.3, 0.4) is 0 Å². The summed E-state index contributed by atoms with van der Waals surface area (Å²) < 4.78 is 11.6. The molecule has 0 spiro atoms. The molecule has 200 valence electrons. The van der Waals surface area contributed by atoms with Crippen molar-refractivity contribution in [3.05, 3.63) is 59.7 Å². The average molecular weight is 533 g/mol. The van der Waals surface area contributed by atoms with Crippen LogP contribution < -0.4 is 24.7 Å². The zero-order valence-corrected chi connectivity index (χ0v) is 23.0. The molecule has 0 atom stereocenters. The van der Waals surface area contributed by atoms with E-state index in [2.05, 4.69) is 51.5 Å². The SMILES string of the molecule is COc1cc(/C=N\Nc2cc(N3CCCC3)nc(N3CCCC3)n2)ccc1OCCSc1ccc(C)cc1. The first-order chi connectivity index (χ1) is 18.7. The topological polar surface area (TPSA) is 75.1 Å².